The second-order valence-electron chi connectivity index (χ2n) is 11.5. The first-order valence-corrected chi connectivity index (χ1v) is 19.1. The molecule has 2 rings (SSSR count). The first kappa shape index (κ1) is 41.9. The molecule has 0 N–H and O–H groups in total. The second kappa shape index (κ2) is 19.8. The topological polar surface area (TPSA) is 212 Å². The maximum atomic E-state index is 12.5. The van der Waals surface area contributed by atoms with Crippen LogP contribution in [0.15, 0.2) is 0 Å². The third-order valence-electron chi connectivity index (χ3n) is 6.77. The van der Waals surface area contributed by atoms with E-state index < -0.39 is 124 Å². The fraction of sp³-hybridized carbons (Fsp3) is 0.767. The molecule has 277 valence electrons. The fourth-order valence-corrected chi connectivity index (χ4v) is 7.94. The summed E-state index contributed by atoms with van der Waals surface area (Å²) < 4.78 is 56.8. The Morgan fingerprint density at radius 3 is 1.39 bits per heavy atom. The smallest absolute Gasteiger partial charge is 0.303 e. The van der Waals surface area contributed by atoms with E-state index in [0.717, 1.165) is 47.6 Å². The third-order valence-corrected chi connectivity index (χ3v) is 9.53. The summed E-state index contributed by atoms with van der Waals surface area (Å²) in [7, 11) is -0.648. The van der Waals surface area contributed by atoms with Gasteiger partial charge in [0.15, 0.2) is 36.8 Å². The number of hydrogen-bond acceptors (Lipinski definition) is 18. The highest BCUT2D eigenvalue weighted by Crippen LogP contribution is 2.38. The first-order valence-electron chi connectivity index (χ1n) is 15.4. The second-order valence-corrected chi connectivity index (χ2v) is 15.6. The standard InChI is InChI=1S/C30H45O17SSi/c1-14(31)38-12-21-23(40-16(3)33)25(41-17(4)34)27(43-19(6)36)29(45-21)47-24-22(13-39-15(2)32)46-30(48-10-11-49(8)9)28(44-20(7)37)26(24)42-18(5)35/h21-30H,10-13H2,1-9H3/t21-,22-,23+,24-,25+,26+,27-,28-,29+,30+/m1/s1. The lowest BCUT2D eigenvalue weighted by Crippen LogP contribution is -2.66. The van der Waals surface area contributed by atoms with Gasteiger partial charge in [-0.05, 0) is 5.75 Å². The minimum atomic E-state index is -1.72. The van der Waals surface area contributed by atoms with Crippen LogP contribution in [0.1, 0.15) is 48.5 Å². The summed E-state index contributed by atoms with van der Waals surface area (Å²) in [6.07, 6.45) is -13.1. The summed E-state index contributed by atoms with van der Waals surface area (Å²) in [5.74, 6) is -4.89. The van der Waals surface area contributed by atoms with E-state index in [-0.39, 0.29) is 0 Å². The molecule has 2 heterocycles. The lowest BCUT2D eigenvalue weighted by molar-refractivity contribution is -0.341. The molecule has 0 bridgehead atoms. The normalized spacial score (nSPS) is 29.6. The van der Waals surface area contributed by atoms with Crippen molar-refractivity contribution in [3.8, 4) is 0 Å². The monoisotopic (exact) mass is 737 g/mol. The number of carbonyl (C=O) groups excluding carboxylic acids is 7. The van der Waals surface area contributed by atoms with Crippen LogP contribution in [0.3, 0.4) is 0 Å². The molecule has 2 aliphatic rings. The summed E-state index contributed by atoms with van der Waals surface area (Å²) in [6, 6.07) is 0.861. The zero-order valence-electron chi connectivity index (χ0n) is 29.0. The van der Waals surface area contributed by atoms with E-state index in [1.54, 1.807) is 0 Å². The van der Waals surface area contributed by atoms with Crippen molar-refractivity contribution in [2.45, 2.75) is 128 Å². The molecule has 2 aliphatic heterocycles. The SMILES string of the molecule is CC(=O)OC[C@H]1O[C@@H](O[C@H]2[C@H](OC(C)=O)[C@@H](OC(C)=O)[C@H](SCC[Si](C)C)O[C@@H]2COC(C)=O)[C@H](OC(C)=O)[C@@H](OC(C)=O)[C@H]1OC(C)=O. The van der Waals surface area contributed by atoms with Crippen LogP contribution in [-0.4, -0.2) is 130 Å². The molecule has 0 aromatic heterocycles. The summed E-state index contributed by atoms with van der Waals surface area (Å²) in [4.78, 5) is 85.2. The zero-order chi connectivity index (χ0) is 37.0. The molecule has 19 heteroatoms. The largest absolute Gasteiger partial charge is 0.463 e. The first-order chi connectivity index (χ1) is 22.9. The van der Waals surface area contributed by atoms with Crippen molar-refractivity contribution in [3.63, 3.8) is 0 Å². The molecule has 0 aromatic carbocycles. The number of esters is 7. The quantitative estimate of drug-likeness (QED) is 0.131. The van der Waals surface area contributed by atoms with Crippen LogP contribution >= 0.6 is 11.8 Å². The summed E-state index contributed by atoms with van der Waals surface area (Å²) in [6.45, 7) is 11.1. The van der Waals surface area contributed by atoms with Gasteiger partial charge in [0.25, 0.3) is 0 Å². The van der Waals surface area contributed by atoms with Crippen molar-refractivity contribution in [1.29, 1.82) is 0 Å². The minimum Gasteiger partial charge on any atom is -0.463 e. The maximum absolute atomic E-state index is 12.5. The molecule has 2 saturated heterocycles. The highest BCUT2D eigenvalue weighted by molar-refractivity contribution is 7.99. The van der Waals surface area contributed by atoms with E-state index >= 15 is 0 Å². The van der Waals surface area contributed by atoms with E-state index in [9.17, 15) is 33.6 Å². The predicted octanol–water partition coefficient (Wildman–Crippen LogP) is 1.09. The average molecular weight is 738 g/mol. The lowest BCUT2D eigenvalue weighted by Gasteiger charge is -2.48. The van der Waals surface area contributed by atoms with Crippen LogP contribution in [0.2, 0.25) is 19.1 Å². The van der Waals surface area contributed by atoms with E-state index in [1.165, 1.54) is 18.7 Å². The molecule has 0 aliphatic carbocycles. The van der Waals surface area contributed by atoms with Crippen LogP contribution in [0.4, 0.5) is 0 Å². The highest BCUT2D eigenvalue weighted by Gasteiger charge is 2.57. The van der Waals surface area contributed by atoms with Gasteiger partial charge in [0.2, 0.25) is 0 Å². The van der Waals surface area contributed by atoms with E-state index in [2.05, 4.69) is 13.1 Å². The van der Waals surface area contributed by atoms with Crippen molar-refractivity contribution < 1.29 is 80.9 Å². The van der Waals surface area contributed by atoms with E-state index in [1.807, 2.05) is 0 Å². The molecular formula is C30H45O17SSi. The Labute approximate surface area is 290 Å². The van der Waals surface area contributed by atoms with Crippen LogP contribution < -0.4 is 0 Å². The molecule has 10 atom stereocenters. The zero-order valence-corrected chi connectivity index (χ0v) is 30.8. The van der Waals surface area contributed by atoms with Gasteiger partial charge in [-0.1, -0.05) is 19.1 Å². The van der Waals surface area contributed by atoms with E-state index in [4.69, 9.17) is 47.4 Å². The van der Waals surface area contributed by atoms with Crippen LogP contribution in [0.5, 0.6) is 0 Å². The van der Waals surface area contributed by atoms with Gasteiger partial charge in [0.1, 0.15) is 37.0 Å². The molecule has 0 amide bonds. The van der Waals surface area contributed by atoms with Gasteiger partial charge in [-0.15, -0.1) is 11.8 Å². The molecule has 0 spiro atoms. The van der Waals surface area contributed by atoms with Gasteiger partial charge < -0.3 is 47.4 Å². The minimum absolute atomic E-state index is 0.427. The van der Waals surface area contributed by atoms with Crippen LogP contribution in [0.25, 0.3) is 0 Å². The van der Waals surface area contributed by atoms with Crippen molar-refractivity contribution in [2.24, 2.45) is 0 Å². The molecule has 17 nitrogen and oxygen atoms in total. The molecule has 2 fully saturated rings. The average Bonchev–Trinajstić information content (AvgIpc) is 2.95. The Bertz CT molecular complexity index is 1200. The van der Waals surface area contributed by atoms with Crippen molar-refractivity contribution >= 4 is 62.3 Å². The predicted molar refractivity (Wildman–Crippen MR) is 168 cm³/mol. The maximum Gasteiger partial charge on any atom is 0.303 e. The Balaban J connectivity index is 2.71. The molecule has 0 saturated carbocycles. The van der Waals surface area contributed by atoms with E-state index in [0.29, 0.717) is 5.75 Å². The van der Waals surface area contributed by atoms with Gasteiger partial charge in [-0.25, -0.2) is 0 Å². The Morgan fingerprint density at radius 1 is 0.531 bits per heavy atom. The van der Waals surface area contributed by atoms with Crippen LogP contribution in [-0.2, 0) is 80.9 Å². The summed E-state index contributed by atoms with van der Waals surface area (Å²) in [5, 5.41) is 0. The van der Waals surface area contributed by atoms with Gasteiger partial charge in [-0.2, -0.15) is 0 Å². The Morgan fingerprint density at radius 2 is 0.939 bits per heavy atom. The third kappa shape index (κ3) is 13.9. The van der Waals surface area contributed by atoms with Gasteiger partial charge in [0, 0.05) is 57.3 Å². The fourth-order valence-electron chi connectivity index (χ4n) is 4.99. The molecule has 0 unspecified atom stereocenters. The van der Waals surface area contributed by atoms with Gasteiger partial charge in [-0.3, -0.25) is 33.6 Å². The number of ether oxygens (including phenoxy) is 10. The number of rotatable bonds is 15. The van der Waals surface area contributed by atoms with Crippen LogP contribution in [0, 0.1) is 0 Å². The number of carbonyl (C=O) groups is 7. The Kier molecular flexibility index (Phi) is 16.9. The Hall–Kier alpha value is -3.26. The highest BCUT2D eigenvalue weighted by atomic mass is 32.2. The van der Waals surface area contributed by atoms with Gasteiger partial charge >= 0.3 is 41.8 Å². The van der Waals surface area contributed by atoms with Crippen molar-refractivity contribution in [3.05, 3.63) is 0 Å². The number of thioether (sulfide) groups is 1. The lowest BCUT2D eigenvalue weighted by atomic mass is 9.96. The molecule has 0 aromatic rings. The number of hydrogen-bond donors (Lipinski definition) is 0. The van der Waals surface area contributed by atoms with Gasteiger partial charge in [0.05, 0.1) is 0 Å². The summed E-state index contributed by atoms with van der Waals surface area (Å²) >= 11 is 1.31. The molecular weight excluding hydrogens is 692 g/mol. The molecule has 1 radical (unpaired) electrons. The van der Waals surface area contributed by atoms with Crippen molar-refractivity contribution in [2.75, 3.05) is 19.0 Å². The van der Waals surface area contributed by atoms with Crippen molar-refractivity contribution in [1.82, 2.24) is 0 Å². The summed E-state index contributed by atoms with van der Waals surface area (Å²) in [5.41, 5.74) is -0.912. The molecule has 49 heavy (non-hydrogen) atoms.